The Morgan fingerprint density at radius 2 is 1.97 bits per heavy atom. The van der Waals surface area contributed by atoms with Crippen molar-refractivity contribution >= 4 is 23.3 Å². The lowest BCUT2D eigenvalue weighted by molar-refractivity contribution is -0.136. The molecule has 2 heterocycles. The third kappa shape index (κ3) is 5.77. The van der Waals surface area contributed by atoms with Crippen LogP contribution in [0.3, 0.4) is 0 Å². The molecule has 1 aliphatic rings. The molecule has 1 fully saturated rings. The Balaban J connectivity index is 1.61. The summed E-state index contributed by atoms with van der Waals surface area (Å²) in [6.07, 6.45) is 0.881. The van der Waals surface area contributed by atoms with Crippen LogP contribution >= 0.6 is 11.3 Å². The van der Waals surface area contributed by atoms with Crippen LogP contribution in [0.2, 0.25) is 0 Å². The third-order valence-corrected chi connectivity index (χ3v) is 5.96. The molecule has 156 valence electrons. The molecule has 0 bridgehead atoms. The molecular formula is C21H28N4O3S. The molecule has 1 saturated heterocycles. The lowest BCUT2D eigenvalue weighted by Crippen LogP contribution is -2.47. The largest absolute Gasteiger partial charge is 0.378 e. The van der Waals surface area contributed by atoms with Crippen LogP contribution in [0.4, 0.5) is 4.79 Å². The molecule has 3 rings (SSSR count). The number of nitrogens with one attached hydrogen (secondary N) is 2. The third-order valence-electron chi connectivity index (χ3n) is 4.95. The van der Waals surface area contributed by atoms with E-state index in [4.69, 9.17) is 4.74 Å². The van der Waals surface area contributed by atoms with Crippen LogP contribution in [0.15, 0.2) is 35.7 Å². The first kappa shape index (κ1) is 21.3. The van der Waals surface area contributed by atoms with Gasteiger partial charge in [-0.25, -0.2) is 9.78 Å². The predicted octanol–water partition coefficient (Wildman–Crippen LogP) is 2.71. The predicted molar refractivity (Wildman–Crippen MR) is 113 cm³/mol. The van der Waals surface area contributed by atoms with Crippen molar-refractivity contribution in [1.82, 2.24) is 20.5 Å². The minimum Gasteiger partial charge on any atom is -0.378 e. The lowest BCUT2D eigenvalue weighted by Gasteiger charge is -2.30. The van der Waals surface area contributed by atoms with Gasteiger partial charge in [0.2, 0.25) is 5.91 Å². The van der Waals surface area contributed by atoms with Crippen molar-refractivity contribution in [3.63, 3.8) is 0 Å². The average molecular weight is 417 g/mol. The number of thiazole rings is 1. The normalized spacial score (nSPS) is 16.1. The Hall–Kier alpha value is -2.45. The van der Waals surface area contributed by atoms with Gasteiger partial charge in [0.05, 0.1) is 35.9 Å². The lowest BCUT2D eigenvalue weighted by atomic mass is 9.97. The van der Waals surface area contributed by atoms with Crippen LogP contribution in [0, 0.1) is 0 Å². The number of carbonyl (C=O) groups is 2. The van der Waals surface area contributed by atoms with Crippen molar-refractivity contribution in [2.45, 2.75) is 32.2 Å². The number of nitrogens with zero attached hydrogens (tertiary/aromatic N) is 2. The molecule has 0 aliphatic carbocycles. The van der Waals surface area contributed by atoms with Crippen molar-refractivity contribution in [1.29, 1.82) is 0 Å². The summed E-state index contributed by atoms with van der Waals surface area (Å²) in [7, 11) is 0. The molecule has 2 aromatic rings. The average Bonchev–Trinajstić information content (AvgIpc) is 3.25. The number of benzene rings is 1. The molecule has 0 saturated carbocycles. The number of carbonyl (C=O) groups excluding carboxylic acids is 2. The van der Waals surface area contributed by atoms with E-state index in [0.717, 1.165) is 22.7 Å². The second-order valence-corrected chi connectivity index (χ2v) is 7.94. The van der Waals surface area contributed by atoms with E-state index < -0.39 is 5.92 Å². The van der Waals surface area contributed by atoms with E-state index in [-0.39, 0.29) is 24.5 Å². The van der Waals surface area contributed by atoms with Crippen LogP contribution in [0.1, 0.15) is 42.1 Å². The molecule has 1 aromatic heterocycles. The summed E-state index contributed by atoms with van der Waals surface area (Å²) in [5, 5.41) is 8.80. The highest BCUT2D eigenvalue weighted by Gasteiger charge is 2.27. The Labute approximate surface area is 175 Å². The van der Waals surface area contributed by atoms with Gasteiger partial charge in [-0.1, -0.05) is 37.3 Å². The molecule has 2 atom stereocenters. The van der Waals surface area contributed by atoms with Gasteiger partial charge in [-0.2, -0.15) is 0 Å². The summed E-state index contributed by atoms with van der Waals surface area (Å²) < 4.78 is 5.35. The minimum atomic E-state index is -0.429. The standard InChI is InChI=1S/C21H28N4O3S/c1-3-19-24-18(14-29-19)15(2)23-21(27)22-13-17(16-7-5-4-6-8-16)20(26)25-9-11-28-12-10-25/h4-8,14-15,17H,3,9-13H2,1-2H3,(H2,22,23,27). The second kappa shape index (κ2) is 10.4. The van der Waals surface area contributed by atoms with Crippen molar-refractivity contribution in [3.05, 3.63) is 52.0 Å². The van der Waals surface area contributed by atoms with Crippen molar-refractivity contribution < 1.29 is 14.3 Å². The number of morpholine rings is 1. The molecule has 1 aromatic carbocycles. The molecular weight excluding hydrogens is 388 g/mol. The maximum Gasteiger partial charge on any atom is 0.315 e. The fourth-order valence-electron chi connectivity index (χ4n) is 3.24. The zero-order chi connectivity index (χ0) is 20.6. The smallest absolute Gasteiger partial charge is 0.315 e. The summed E-state index contributed by atoms with van der Waals surface area (Å²) in [4.78, 5) is 31.9. The van der Waals surface area contributed by atoms with E-state index in [9.17, 15) is 9.59 Å². The Morgan fingerprint density at radius 3 is 2.62 bits per heavy atom. The van der Waals surface area contributed by atoms with Gasteiger partial charge in [-0.05, 0) is 18.9 Å². The number of aromatic nitrogens is 1. The van der Waals surface area contributed by atoms with Gasteiger partial charge in [0.1, 0.15) is 0 Å². The number of amides is 3. The van der Waals surface area contributed by atoms with Gasteiger partial charge in [0, 0.05) is 25.0 Å². The molecule has 1 aliphatic heterocycles. The van der Waals surface area contributed by atoms with E-state index in [0.29, 0.717) is 26.3 Å². The topological polar surface area (TPSA) is 83.6 Å². The Bertz CT molecular complexity index is 805. The highest BCUT2D eigenvalue weighted by atomic mass is 32.1. The highest BCUT2D eigenvalue weighted by Crippen LogP contribution is 2.19. The van der Waals surface area contributed by atoms with Crippen LogP contribution in [0.5, 0.6) is 0 Å². The zero-order valence-corrected chi connectivity index (χ0v) is 17.7. The van der Waals surface area contributed by atoms with Crippen LogP contribution in [-0.4, -0.2) is 54.7 Å². The van der Waals surface area contributed by atoms with Crippen molar-refractivity contribution in [2.24, 2.45) is 0 Å². The first-order chi connectivity index (χ1) is 14.1. The maximum atomic E-state index is 13.1. The van der Waals surface area contributed by atoms with Gasteiger partial charge in [0.25, 0.3) is 0 Å². The SMILES string of the molecule is CCc1nc(C(C)NC(=O)NCC(C(=O)N2CCOCC2)c2ccccc2)cs1. The molecule has 2 unspecified atom stereocenters. The number of ether oxygens (including phenoxy) is 1. The van der Waals surface area contributed by atoms with Gasteiger partial charge in [-0.3, -0.25) is 4.79 Å². The Morgan fingerprint density at radius 1 is 1.24 bits per heavy atom. The summed E-state index contributed by atoms with van der Waals surface area (Å²) in [5.74, 6) is -0.416. The monoisotopic (exact) mass is 416 g/mol. The van der Waals surface area contributed by atoms with E-state index in [1.165, 1.54) is 0 Å². The van der Waals surface area contributed by atoms with E-state index in [2.05, 4.69) is 22.5 Å². The summed E-state index contributed by atoms with van der Waals surface area (Å²) >= 11 is 1.60. The van der Waals surface area contributed by atoms with Gasteiger partial charge >= 0.3 is 6.03 Å². The Kier molecular flexibility index (Phi) is 7.60. The number of aryl methyl sites for hydroxylation is 1. The molecule has 29 heavy (non-hydrogen) atoms. The van der Waals surface area contributed by atoms with Crippen LogP contribution in [-0.2, 0) is 16.0 Å². The van der Waals surface area contributed by atoms with Crippen molar-refractivity contribution in [3.8, 4) is 0 Å². The summed E-state index contributed by atoms with van der Waals surface area (Å²) in [6, 6.07) is 9.07. The minimum absolute atomic E-state index is 0.0138. The first-order valence-electron chi connectivity index (χ1n) is 9.98. The fraction of sp³-hybridized carbons (Fsp3) is 0.476. The number of hydrogen-bond donors (Lipinski definition) is 2. The van der Waals surface area contributed by atoms with Crippen LogP contribution in [0.25, 0.3) is 0 Å². The molecule has 2 N–H and O–H groups in total. The highest BCUT2D eigenvalue weighted by molar-refractivity contribution is 7.09. The summed E-state index contributed by atoms with van der Waals surface area (Å²) in [6.45, 7) is 6.45. The van der Waals surface area contributed by atoms with E-state index >= 15 is 0 Å². The molecule has 3 amide bonds. The zero-order valence-electron chi connectivity index (χ0n) is 16.9. The van der Waals surface area contributed by atoms with Gasteiger partial charge in [0.15, 0.2) is 0 Å². The quantitative estimate of drug-likeness (QED) is 0.727. The first-order valence-corrected chi connectivity index (χ1v) is 10.9. The number of urea groups is 1. The molecule has 7 nitrogen and oxygen atoms in total. The number of hydrogen-bond acceptors (Lipinski definition) is 5. The molecule has 0 radical (unpaired) electrons. The van der Waals surface area contributed by atoms with E-state index in [1.807, 2.05) is 47.5 Å². The number of rotatable bonds is 7. The van der Waals surface area contributed by atoms with Crippen molar-refractivity contribution in [2.75, 3.05) is 32.8 Å². The van der Waals surface area contributed by atoms with Gasteiger partial charge < -0.3 is 20.3 Å². The van der Waals surface area contributed by atoms with Gasteiger partial charge in [-0.15, -0.1) is 11.3 Å². The summed E-state index contributed by atoms with van der Waals surface area (Å²) in [5.41, 5.74) is 1.75. The fourth-order valence-corrected chi connectivity index (χ4v) is 4.08. The molecule has 0 spiro atoms. The maximum absolute atomic E-state index is 13.1. The molecule has 8 heteroatoms. The second-order valence-electron chi connectivity index (χ2n) is 7.00. The van der Waals surface area contributed by atoms with E-state index in [1.54, 1.807) is 11.3 Å². The van der Waals surface area contributed by atoms with Crippen LogP contribution < -0.4 is 10.6 Å².